The molecular formula is C13H14N4O2S. The highest BCUT2D eigenvalue weighted by atomic mass is 32.2. The Morgan fingerprint density at radius 3 is 3.00 bits per heavy atom. The summed E-state index contributed by atoms with van der Waals surface area (Å²) in [5.41, 5.74) is 0. The van der Waals surface area contributed by atoms with Crippen molar-refractivity contribution in [1.82, 2.24) is 14.9 Å². The van der Waals surface area contributed by atoms with Gasteiger partial charge < -0.3 is 4.42 Å². The summed E-state index contributed by atoms with van der Waals surface area (Å²) in [5, 5.41) is 10.9. The number of rotatable bonds is 2. The number of aromatic nitrogens is 3. The van der Waals surface area contributed by atoms with Crippen LogP contribution in [0.1, 0.15) is 19.3 Å². The van der Waals surface area contributed by atoms with Crippen LogP contribution in [0.25, 0.3) is 11.6 Å². The molecule has 2 aromatic rings. The van der Waals surface area contributed by atoms with Crippen LogP contribution in [-0.2, 0) is 4.79 Å². The number of furan rings is 1. The third kappa shape index (κ3) is 1.76. The normalized spacial score (nSPS) is 18.7. The molecule has 0 unspecified atom stereocenters. The third-order valence-corrected chi connectivity index (χ3v) is 4.74. The molecule has 0 N–H and O–H groups in total. The molecule has 2 aliphatic rings. The summed E-state index contributed by atoms with van der Waals surface area (Å²) < 4.78 is 7.22. The summed E-state index contributed by atoms with van der Waals surface area (Å²) >= 11 is 1.62. The second-order valence-corrected chi connectivity index (χ2v) is 6.10. The molecule has 0 saturated heterocycles. The minimum atomic E-state index is 0.165. The predicted octanol–water partition coefficient (Wildman–Crippen LogP) is 1.91. The molecule has 1 saturated carbocycles. The van der Waals surface area contributed by atoms with Crippen LogP contribution < -0.4 is 5.01 Å². The molecule has 1 aliphatic carbocycles. The largest absolute Gasteiger partial charge is 0.461 e. The van der Waals surface area contributed by atoms with Crippen molar-refractivity contribution in [3.05, 3.63) is 18.4 Å². The zero-order valence-corrected chi connectivity index (χ0v) is 11.7. The highest BCUT2D eigenvalue weighted by Crippen LogP contribution is 2.32. The zero-order chi connectivity index (χ0) is 13.5. The highest BCUT2D eigenvalue weighted by Gasteiger charge is 2.35. The molecule has 0 bridgehead atoms. The summed E-state index contributed by atoms with van der Waals surface area (Å²) in [5.74, 6) is 2.44. The lowest BCUT2D eigenvalue weighted by atomic mass is 9.84. The Bertz CT molecular complexity index is 633. The molecule has 1 amide bonds. The molecule has 20 heavy (non-hydrogen) atoms. The molecule has 1 aliphatic heterocycles. The van der Waals surface area contributed by atoms with E-state index in [1.807, 2.05) is 16.8 Å². The van der Waals surface area contributed by atoms with E-state index in [0.29, 0.717) is 18.1 Å². The van der Waals surface area contributed by atoms with E-state index >= 15 is 0 Å². The van der Waals surface area contributed by atoms with Crippen molar-refractivity contribution in [1.29, 1.82) is 0 Å². The number of carbonyl (C=O) groups is 1. The Kier molecular flexibility index (Phi) is 2.80. The molecule has 6 nitrogen and oxygen atoms in total. The van der Waals surface area contributed by atoms with Crippen LogP contribution in [0.2, 0.25) is 0 Å². The first-order valence-corrected chi connectivity index (χ1v) is 7.77. The standard InChI is InChI=1S/C13H14N4O2S/c18-12(9-3-1-4-9)16-6-8-20-13-15-14-11(17(13)16)10-5-2-7-19-10/h2,5,7,9H,1,3-4,6,8H2. The number of thioether (sulfide) groups is 1. The number of amides is 1. The predicted molar refractivity (Wildman–Crippen MR) is 73.9 cm³/mol. The van der Waals surface area contributed by atoms with Gasteiger partial charge in [-0.2, -0.15) is 0 Å². The van der Waals surface area contributed by atoms with Gasteiger partial charge in [-0.15, -0.1) is 10.2 Å². The fraction of sp³-hybridized carbons (Fsp3) is 0.462. The number of carbonyl (C=O) groups excluding carboxylic acids is 1. The van der Waals surface area contributed by atoms with Gasteiger partial charge in [0.2, 0.25) is 16.9 Å². The Balaban J connectivity index is 1.75. The summed E-state index contributed by atoms with van der Waals surface area (Å²) in [7, 11) is 0. The van der Waals surface area contributed by atoms with Crippen LogP contribution in [0.3, 0.4) is 0 Å². The average molecular weight is 290 g/mol. The number of nitrogens with zero attached hydrogens (tertiary/aromatic N) is 4. The van der Waals surface area contributed by atoms with Gasteiger partial charge in [-0.25, -0.2) is 9.69 Å². The van der Waals surface area contributed by atoms with Gasteiger partial charge in [0.15, 0.2) is 5.76 Å². The van der Waals surface area contributed by atoms with E-state index in [-0.39, 0.29) is 11.8 Å². The topological polar surface area (TPSA) is 64.2 Å². The highest BCUT2D eigenvalue weighted by molar-refractivity contribution is 7.99. The molecule has 0 spiro atoms. The molecule has 0 radical (unpaired) electrons. The van der Waals surface area contributed by atoms with Crippen molar-refractivity contribution in [2.75, 3.05) is 17.3 Å². The summed E-state index contributed by atoms with van der Waals surface area (Å²) in [6.45, 7) is 0.693. The lowest BCUT2D eigenvalue weighted by molar-refractivity contribution is -0.126. The monoisotopic (exact) mass is 290 g/mol. The Morgan fingerprint density at radius 2 is 2.30 bits per heavy atom. The van der Waals surface area contributed by atoms with Crippen LogP contribution in [0.4, 0.5) is 0 Å². The van der Waals surface area contributed by atoms with Crippen molar-refractivity contribution >= 4 is 17.7 Å². The van der Waals surface area contributed by atoms with Crippen LogP contribution in [0, 0.1) is 5.92 Å². The Hall–Kier alpha value is -1.76. The fourth-order valence-corrected chi connectivity index (χ4v) is 3.38. The first kappa shape index (κ1) is 12.0. The zero-order valence-electron chi connectivity index (χ0n) is 10.9. The lowest BCUT2D eigenvalue weighted by Gasteiger charge is -2.34. The molecule has 7 heteroatoms. The SMILES string of the molecule is O=C(C1CCC1)N1CCSc2nnc(-c3ccco3)n21. The van der Waals surface area contributed by atoms with E-state index in [1.54, 1.807) is 23.0 Å². The van der Waals surface area contributed by atoms with E-state index in [2.05, 4.69) is 10.2 Å². The molecule has 0 aromatic carbocycles. The number of fused-ring (bicyclic) bond motifs is 1. The van der Waals surface area contributed by atoms with Gasteiger partial charge in [-0.1, -0.05) is 18.2 Å². The quantitative estimate of drug-likeness (QED) is 0.845. The second-order valence-electron chi connectivity index (χ2n) is 5.03. The van der Waals surface area contributed by atoms with Crippen LogP contribution in [0.15, 0.2) is 28.0 Å². The molecule has 2 aromatic heterocycles. The fourth-order valence-electron chi connectivity index (χ4n) is 2.53. The van der Waals surface area contributed by atoms with Gasteiger partial charge in [0, 0.05) is 11.7 Å². The van der Waals surface area contributed by atoms with Gasteiger partial charge in [-0.05, 0) is 25.0 Å². The van der Waals surface area contributed by atoms with Gasteiger partial charge in [0.1, 0.15) is 0 Å². The number of hydrogen-bond acceptors (Lipinski definition) is 5. The van der Waals surface area contributed by atoms with E-state index in [9.17, 15) is 4.79 Å². The average Bonchev–Trinajstić information content (AvgIpc) is 3.04. The Labute approximate surface area is 120 Å². The van der Waals surface area contributed by atoms with E-state index < -0.39 is 0 Å². The molecule has 104 valence electrons. The maximum atomic E-state index is 12.6. The van der Waals surface area contributed by atoms with Crippen LogP contribution >= 0.6 is 11.8 Å². The summed E-state index contributed by atoms with van der Waals surface area (Å²) in [4.78, 5) is 12.6. The van der Waals surface area contributed by atoms with Crippen molar-refractivity contribution < 1.29 is 9.21 Å². The smallest absolute Gasteiger partial charge is 0.244 e. The maximum Gasteiger partial charge on any atom is 0.244 e. The van der Waals surface area contributed by atoms with Crippen molar-refractivity contribution in [2.45, 2.75) is 24.4 Å². The third-order valence-electron chi connectivity index (χ3n) is 3.84. The first-order valence-electron chi connectivity index (χ1n) is 6.78. The van der Waals surface area contributed by atoms with Gasteiger partial charge in [0.25, 0.3) is 0 Å². The van der Waals surface area contributed by atoms with E-state index in [0.717, 1.165) is 30.2 Å². The Morgan fingerprint density at radius 1 is 1.40 bits per heavy atom. The molecular weight excluding hydrogens is 276 g/mol. The first-order chi connectivity index (χ1) is 9.84. The minimum Gasteiger partial charge on any atom is -0.461 e. The van der Waals surface area contributed by atoms with Crippen molar-refractivity contribution in [2.24, 2.45) is 5.92 Å². The van der Waals surface area contributed by atoms with E-state index in [1.165, 1.54) is 0 Å². The second kappa shape index (κ2) is 4.66. The van der Waals surface area contributed by atoms with Gasteiger partial charge in [-0.3, -0.25) is 4.79 Å². The number of hydrogen-bond donors (Lipinski definition) is 0. The van der Waals surface area contributed by atoms with Crippen molar-refractivity contribution in [3.8, 4) is 11.6 Å². The summed E-state index contributed by atoms with van der Waals surface area (Å²) in [6, 6.07) is 3.65. The lowest BCUT2D eigenvalue weighted by Crippen LogP contribution is -2.49. The summed E-state index contributed by atoms with van der Waals surface area (Å²) in [6.07, 6.45) is 4.75. The van der Waals surface area contributed by atoms with Gasteiger partial charge >= 0.3 is 0 Å². The van der Waals surface area contributed by atoms with Crippen LogP contribution in [-0.4, -0.2) is 33.1 Å². The van der Waals surface area contributed by atoms with E-state index in [4.69, 9.17) is 4.42 Å². The maximum absolute atomic E-state index is 12.6. The molecule has 4 rings (SSSR count). The van der Waals surface area contributed by atoms with Gasteiger partial charge in [0.05, 0.1) is 12.8 Å². The molecule has 1 fully saturated rings. The minimum absolute atomic E-state index is 0.165. The van der Waals surface area contributed by atoms with Crippen molar-refractivity contribution in [3.63, 3.8) is 0 Å². The molecule has 3 heterocycles. The van der Waals surface area contributed by atoms with Crippen LogP contribution in [0.5, 0.6) is 0 Å². The molecule has 0 atom stereocenters.